The van der Waals surface area contributed by atoms with Gasteiger partial charge in [0.1, 0.15) is 0 Å². The summed E-state index contributed by atoms with van der Waals surface area (Å²) in [5.74, 6) is -0.534. The zero-order valence-electron chi connectivity index (χ0n) is 12.6. The van der Waals surface area contributed by atoms with E-state index in [1.807, 2.05) is 19.9 Å². The molecule has 0 heterocycles. The van der Waals surface area contributed by atoms with Gasteiger partial charge in [0.15, 0.2) is 0 Å². The van der Waals surface area contributed by atoms with Crippen molar-refractivity contribution in [1.29, 1.82) is 0 Å². The normalized spacial score (nSPS) is 10.5. The predicted octanol–water partition coefficient (Wildman–Crippen LogP) is 2.47. The maximum atomic E-state index is 12.1. The van der Waals surface area contributed by atoms with Crippen LogP contribution in [0.1, 0.15) is 18.9 Å². The predicted molar refractivity (Wildman–Crippen MR) is 83.6 cm³/mol. The molecule has 1 aromatic carbocycles. The summed E-state index contributed by atoms with van der Waals surface area (Å²) in [5.41, 5.74) is 1.62. The van der Waals surface area contributed by atoms with Gasteiger partial charge in [0.25, 0.3) is 0 Å². The lowest BCUT2D eigenvalue weighted by Gasteiger charge is -2.20. The summed E-state index contributed by atoms with van der Waals surface area (Å²) in [6.45, 7) is 4.77. The Morgan fingerprint density at radius 1 is 1.33 bits per heavy atom. The monoisotopic (exact) mass is 312 g/mol. The molecule has 116 valence electrons. The van der Waals surface area contributed by atoms with Crippen LogP contribution in [-0.4, -0.2) is 43.5 Å². The van der Waals surface area contributed by atoms with Gasteiger partial charge in [0.05, 0.1) is 20.2 Å². The number of benzene rings is 1. The van der Waals surface area contributed by atoms with E-state index in [1.165, 1.54) is 7.11 Å². The number of esters is 1. The van der Waals surface area contributed by atoms with Crippen LogP contribution in [0.3, 0.4) is 0 Å². The van der Waals surface area contributed by atoms with Crippen LogP contribution in [0.4, 0.5) is 5.69 Å². The number of hydrogen-bond acceptors (Lipinski definition) is 4. The Balaban J connectivity index is 2.64. The molecule has 0 aliphatic carbocycles. The van der Waals surface area contributed by atoms with Crippen molar-refractivity contribution < 1.29 is 14.3 Å². The van der Waals surface area contributed by atoms with Crippen molar-refractivity contribution in [3.63, 3.8) is 0 Å². The average molecular weight is 313 g/mol. The third-order valence-electron chi connectivity index (χ3n) is 2.96. The zero-order chi connectivity index (χ0) is 15.8. The lowest BCUT2D eigenvalue weighted by Crippen LogP contribution is -2.37. The maximum Gasteiger partial charge on any atom is 0.319 e. The second-order valence-corrected chi connectivity index (χ2v) is 5.23. The minimum atomic E-state index is -0.352. The van der Waals surface area contributed by atoms with Crippen molar-refractivity contribution in [1.82, 2.24) is 4.90 Å². The maximum absolute atomic E-state index is 12.1. The van der Waals surface area contributed by atoms with Crippen LogP contribution in [0, 0.1) is 6.92 Å². The van der Waals surface area contributed by atoms with E-state index in [0.717, 1.165) is 12.0 Å². The number of halogens is 1. The molecular formula is C15H21ClN2O3. The van der Waals surface area contributed by atoms with Crippen molar-refractivity contribution in [2.45, 2.75) is 20.3 Å². The minimum absolute atomic E-state index is 0.103. The molecule has 5 nitrogen and oxygen atoms in total. The Labute approximate surface area is 130 Å². The highest BCUT2D eigenvalue weighted by molar-refractivity contribution is 6.31. The van der Waals surface area contributed by atoms with E-state index >= 15 is 0 Å². The number of nitrogens with one attached hydrogen (secondary N) is 1. The Bertz CT molecular complexity index is 506. The fraction of sp³-hybridized carbons (Fsp3) is 0.467. The quantitative estimate of drug-likeness (QED) is 0.786. The Morgan fingerprint density at radius 2 is 2.05 bits per heavy atom. The molecule has 1 N–H and O–H groups in total. The smallest absolute Gasteiger partial charge is 0.319 e. The van der Waals surface area contributed by atoms with Gasteiger partial charge in [-0.3, -0.25) is 14.5 Å². The van der Waals surface area contributed by atoms with E-state index in [2.05, 4.69) is 10.1 Å². The zero-order valence-corrected chi connectivity index (χ0v) is 13.4. The molecule has 6 heteroatoms. The molecule has 0 fully saturated rings. The third-order valence-corrected chi connectivity index (χ3v) is 3.20. The second-order valence-electron chi connectivity index (χ2n) is 4.79. The van der Waals surface area contributed by atoms with E-state index in [0.29, 0.717) is 17.3 Å². The Morgan fingerprint density at radius 3 is 2.67 bits per heavy atom. The van der Waals surface area contributed by atoms with Crippen molar-refractivity contribution in [2.75, 3.05) is 32.1 Å². The first kappa shape index (κ1) is 17.5. The Hall–Kier alpha value is -1.59. The first-order valence-electron chi connectivity index (χ1n) is 6.81. The van der Waals surface area contributed by atoms with Gasteiger partial charge in [-0.15, -0.1) is 0 Å². The average Bonchev–Trinajstić information content (AvgIpc) is 2.42. The first-order chi connectivity index (χ1) is 9.96. The van der Waals surface area contributed by atoms with Gasteiger partial charge in [-0.05, 0) is 37.6 Å². The van der Waals surface area contributed by atoms with E-state index in [1.54, 1.807) is 17.0 Å². The molecule has 1 rings (SSSR count). The van der Waals surface area contributed by atoms with Crippen LogP contribution < -0.4 is 5.32 Å². The molecule has 1 amide bonds. The van der Waals surface area contributed by atoms with E-state index in [-0.39, 0.29) is 25.0 Å². The van der Waals surface area contributed by atoms with Gasteiger partial charge in [-0.25, -0.2) is 0 Å². The molecule has 21 heavy (non-hydrogen) atoms. The van der Waals surface area contributed by atoms with Crippen LogP contribution in [-0.2, 0) is 14.3 Å². The van der Waals surface area contributed by atoms with Crippen molar-refractivity contribution >= 4 is 29.2 Å². The molecule has 0 aliphatic heterocycles. The number of rotatable bonds is 7. The molecule has 0 saturated heterocycles. The number of methoxy groups -OCH3 is 1. The second kappa shape index (κ2) is 8.64. The number of anilines is 1. The number of amides is 1. The molecule has 0 unspecified atom stereocenters. The number of ether oxygens (including phenoxy) is 1. The number of carbonyl (C=O) groups excluding carboxylic acids is 2. The van der Waals surface area contributed by atoms with Crippen LogP contribution in [0.2, 0.25) is 5.02 Å². The minimum Gasteiger partial charge on any atom is -0.468 e. The summed E-state index contributed by atoms with van der Waals surface area (Å²) < 4.78 is 4.63. The highest BCUT2D eigenvalue weighted by Crippen LogP contribution is 2.20. The number of hydrogen-bond donors (Lipinski definition) is 1. The number of aryl methyl sites for hydroxylation is 1. The van der Waals surface area contributed by atoms with Crippen LogP contribution in [0.15, 0.2) is 18.2 Å². The largest absolute Gasteiger partial charge is 0.468 e. The van der Waals surface area contributed by atoms with Crippen molar-refractivity contribution in [3.8, 4) is 0 Å². The molecule has 1 aromatic rings. The lowest BCUT2D eigenvalue weighted by atomic mass is 10.2. The van der Waals surface area contributed by atoms with Gasteiger partial charge < -0.3 is 10.1 Å². The summed E-state index contributed by atoms with van der Waals surface area (Å²) in [6.07, 6.45) is 0.848. The molecular weight excluding hydrogens is 292 g/mol. The van der Waals surface area contributed by atoms with E-state index in [9.17, 15) is 9.59 Å². The Kier molecular flexibility index (Phi) is 7.19. The standard InChI is InChI=1S/C15H21ClN2O3/c1-4-7-18(10-15(20)21-3)9-14(19)17-13-8-12(16)6-5-11(13)2/h5-6,8H,4,7,9-10H2,1-3H3,(H,17,19). The lowest BCUT2D eigenvalue weighted by molar-refractivity contribution is -0.142. The van der Waals surface area contributed by atoms with E-state index < -0.39 is 0 Å². The van der Waals surface area contributed by atoms with Gasteiger partial charge in [0, 0.05) is 10.7 Å². The highest BCUT2D eigenvalue weighted by Gasteiger charge is 2.14. The summed E-state index contributed by atoms with van der Waals surface area (Å²) in [4.78, 5) is 25.2. The summed E-state index contributed by atoms with van der Waals surface area (Å²) in [5, 5.41) is 3.38. The molecule has 0 saturated carbocycles. The SMILES string of the molecule is CCCN(CC(=O)Nc1cc(Cl)ccc1C)CC(=O)OC. The van der Waals surface area contributed by atoms with Crippen molar-refractivity contribution in [2.24, 2.45) is 0 Å². The third kappa shape index (κ3) is 6.14. The molecule has 0 aromatic heterocycles. The fourth-order valence-corrected chi connectivity index (χ4v) is 2.07. The molecule has 0 radical (unpaired) electrons. The molecule has 0 aliphatic rings. The van der Waals surface area contributed by atoms with E-state index in [4.69, 9.17) is 11.6 Å². The number of nitrogens with zero attached hydrogens (tertiary/aromatic N) is 1. The van der Waals surface area contributed by atoms with Gasteiger partial charge in [0.2, 0.25) is 5.91 Å². The summed E-state index contributed by atoms with van der Waals surface area (Å²) in [6, 6.07) is 5.32. The summed E-state index contributed by atoms with van der Waals surface area (Å²) >= 11 is 5.92. The van der Waals surface area contributed by atoms with Crippen LogP contribution in [0.25, 0.3) is 0 Å². The van der Waals surface area contributed by atoms with Crippen LogP contribution >= 0.6 is 11.6 Å². The first-order valence-corrected chi connectivity index (χ1v) is 7.19. The van der Waals surface area contributed by atoms with Crippen LogP contribution in [0.5, 0.6) is 0 Å². The number of carbonyl (C=O) groups is 2. The van der Waals surface area contributed by atoms with Crippen molar-refractivity contribution in [3.05, 3.63) is 28.8 Å². The van der Waals surface area contributed by atoms with Gasteiger partial charge in [-0.1, -0.05) is 24.6 Å². The molecule has 0 spiro atoms. The fourth-order valence-electron chi connectivity index (χ4n) is 1.90. The topological polar surface area (TPSA) is 58.6 Å². The van der Waals surface area contributed by atoms with Gasteiger partial charge in [-0.2, -0.15) is 0 Å². The summed E-state index contributed by atoms with van der Waals surface area (Å²) in [7, 11) is 1.34. The van der Waals surface area contributed by atoms with Gasteiger partial charge >= 0.3 is 5.97 Å². The molecule has 0 bridgehead atoms. The molecule has 0 atom stereocenters. The highest BCUT2D eigenvalue weighted by atomic mass is 35.5.